The van der Waals surface area contributed by atoms with E-state index in [-0.39, 0.29) is 5.91 Å². The second-order valence-corrected chi connectivity index (χ2v) is 7.15. The fourth-order valence-corrected chi connectivity index (χ4v) is 3.17. The Hall–Kier alpha value is -2.34. The van der Waals surface area contributed by atoms with Crippen molar-refractivity contribution in [1.82, 2.24) is 0 Å². The van der Waals surface area contributed by atoms with Crippen LogP contribution < -0.4 is 10.1 Å². The van der Waals surface area contributed by atoms with Gasteiger partial charge in [0.1, 0.15) is 12.4 Å². The normalized spacial score (nSPS) is 10.4. The Morgan fingerprint density at radius 1 is 1.00 bits per heavy atom. The van der Waals surface area contributed by atoms with Crippen LogP contribution >= 0.6 is 22.6 Å². The molecule has 26 heavy (non-hydrogen) atoms. The number of carbonyl (C=O) groups excluding carboxylic acids is 1. The van der Waals surface area contributed by atoms with Crippen molar-refractivity contribution in [3.63, 3.8) is 0 Å². The maximum Gasteiger partial charge on any atom is 0.255 e. The number of benzene rings is 3. The molecule has 0 spiro atoms. The standard InChI is InChI=1S/C22H20INO2/c1-2-17-14-19(23)10-13-21(17)24-22(25)18-8-11-20(12-9-18)26-15-16-6-4-3-5-7-16/h3-14H,2,15H2,1H3,(H,24,25). The van der Waals surface area contributed by atoms with Gasteiger partial charge in [-0.05, 0) is 82.6 Å². The summed E-state index contributed by atoms with van der Waals surface area (Å²) in [6.07, 6.45) is 0.874. The highest BCUT2D eigenvalue weighted by atomic mass is 127. The Kier molecular flexibility index (Phi) is 6.28. The lowest BCUT2D eigenvalue weighted by Gasteiger charge is -2.11. The van der Waals surface area contributed by atoms with Crippen LogP contribution in [0.15, 0.2) is 72.8 Å². The zero-order chi connectivity index (χ0) is 18.4. The van der Waals surface area contributed by atoms with Gasteiger partial charge in [0.05, 0.1) is 0 Å². The molecule has 1 amide bonds. The van der Waals surface area contributed by atoms with Gasteiger partial charge in [0, 0.05) is 14.8 Å². The van der Waals surface area contributed by atoms with Gasteiger partial charge >= 0.3 is 0 Å². The molecule has 3 rings (SSSR count). The number of aryl methyl sites for hydroxylation is 1. The van der Waals surface area contributed by atoms with Crippen LogP contribution in [0.5, 0.6) is 5.75 Å². The van der Waals surface area contributed by atoms with Crippen LogP contribution in [-0.4, -0.2) is 5.91 Å². The second kappa shape index (κ2) is 8.85. The van der Waals surface area contributed by atoms with Gasteiger partial charge in [-0.3, -0.25) is 4.79 Å². The fraction of sp³-hybridized carbons (Fsp3) is 0.136. The summed E-state index contributed by atoms with van der Waals surface area (Å²) in [5.41, 5.74) is 3.72. The highest BCUT2D eigenvalue weighted by Gasteiger charge is 2.09. The Balaban J connectivity index is 1.63. The van der Waals surface area contributed by atoms with Crippen molar-refractivity contribution in [2.45, 2.75) is 20.0 Å². The molecule has 0 bridgehead atoms. The van der Waals surface area contributed by atoms with Crippen molar-refractivity contribution in [3.05, 3.63) is 93.1 Å². The number of amides is 1. The SMILES string of the molecule is CCc1cc(I)ccc1NC(=O)c1ccc(OCc2ccccc2)cc1. The molecule has 0 atom stereocenters. The minimum Gasteiger partial charge on any atom is -0.489 e. The van der Waals surface area contributed by atoms with Crippen LogP contribution in [0.2, 0.25) is 0 Å². The van der Waals surface area contributed by atoms with E-state index in [9.17, 15) is 4.79 Å². The first-order valence-corrected chi connectivity index (χ1v) is 9.60. The van der Waals surface area contributed by atoms with Crippen LogP contribution in [0.4, 0.5) is 5.69 Å². The quantitative estimate of drug-likeness (QED) is 0.484. The van der Waals surface area contributed by atoms with E-state index in [0.29, 0.717) is 12.2 Å². The molecular formula is C22H20INO2. The molecule has 0 aliphatic heterocycles. The van der Waals surface area contributed by atoms with E-state index >= 15 is 0 Å². The first kappa shape index (κ1) is 18.5. The van der Waals surface area contributed by atoms with Gasteiger partial charge in [0.25, 0.3) is 5.91 Å². The molecule has 3 aromatic carbocycles. The first-order valence-electron chi connectivity index (χ1n) is 8.52. The van der Waals surface area contributed by atoms with Crippen LogP contribution in [0.1, 0.15) is 28.4 Å². The van der Waals surface area contributed by atoms with Crippen LogP contribution in [0.3, 0.4) is 0 Å². The Bertz CT molecular complexity index is 876. The van der Waals surface area contributed by atoms with Crippen LogP contribution in [0, 0.1) is 3.57 Å². The van der Waals surface area contributed by atoms with E-state index in [1.165, 1.54) is 0 Å². The molecule has 132 valence electrons. The molecule has 0 aliphatic carbocycles. The van der Waals surface area contributed by atoms with Gasteiger partial charge in [-0.1, -0.05) is 37.3 Å². The first-order chi connectivity index (χ1) is 12.7. The molecule has 0 heterocycles. The van der Waals surface area contributed by atoms with Gasteiger partial charge < -0.3 is 10.1 Å². The summed E-state index contributed by atoms with van der Waals surface area (Å²) in [6.45, 7) is 2.59. The molecule has 0 radical (unpaired) electrons. The molecule has 4 heteroatoms. The van der Waals surface area contributed by atoms with E-state index in [1.54, 1.807) is 12.1 Å². The van der Waals surface area contributed by atoms with E-state index in [0.717, 1.165) is 32.6 Å². The van der Waals surface area contributed by atoms with Crippen LogP contribution in [0.25, 0.3) is 0 Å². The second-order valence-electron chi connectivity index (χ2n) is 5.91. The van der Waals surface area contributed by atoms with E-state index in [4.69, 9.17) is 4.74 Å². The number of halogens is 1. The molecule has 3 aromatic rings. The fourth-order valence-electron chi connectivity index (χ4n) is 2.61. The molecule has 0 aromatic heterocycles. The van der Waals surface area contributed by atoms with Crippen molar-refractivity contribution < 1.29 is 9.53 Å². The third kappa shape index (κ3) is 4.85. The summed E-state index contributed by atoms with van der Waals surface area (Å²) in [4.78, 5) is 12.5. The number of carbonyl (C=O) groups is 1. The number of hydrogen-bond donors (Lipinski definition) is 1. The summed E-state index contributed by atoms with van der Waals surface area (Å²) in [6, 6.07) is 23.3. The van der Waals surface area contributed by atoms with E-state index in [1.807, 2.05) is 54.6 Å². The summed E-state index contributed by atoms with van der Waals surface area (Å²) in [5, 5.41) is 3.00. The molecule has 1 N–H and O–H groups in total. The zero-order valence-corrected chi connectivity index (χ0v) is 16.7. The number of hydrogen-bond acceptors (Lipinski definition) is 2. The molecule has 0 unspecified atom stereocenters. The molecular weight excluding hydrogens is 437 g/mol. The minimum atomic E-state index is -0.115. The number of ether oxygens (including phenoxy) is 1. The molecule has 0 aliphatic rings. The number of rotatable bonds is 6. The third-order valence-electron chi connectivity index (χ3n) is 4.06. The predicted octanol–water partition coefficient (Wildman–Crippen LogP) is 5.68. The van der Waals surface area contributed by atoms with E-state index < -0.39 is 0 Å². The minimum absolute atomic E-state index is 0.115. The molecule has 0 saturated carbocycles. The van der Waals surface area contributed by atoms with E-state index in [2.05, 4.69) is 40.9 Å². The van der Waals surface area contributed by atoms with Crippen molar-refractivity contribution in [3.8, 4) is 5.75 Å². The number of anilines is 1. The highest BCUT2D eigenvalue weighted by Crippen LogP contribution is 2.21. The van der Waals surface area contributed by atoms with Gasteiger partial charge in [-0.15, -0.1) is 0 Å². The topological polar surface area (TPSA) is 38.3 Å². The Morgan fingerprint density at radius 3 is 2.42 bits per heavy atom. The van der Waals surface area contributed by atoms with Crippen molar-refractivity contribution >= 4 is 34.2 Å². The summed E-state index contributed by atoms with van der Waals surface area (Å²) in [5.74, 6) is 0.629. The Morgan fingerprint density at radius 2 is 1.73 bits per heavy atom. The van der Waals surface area contributed by atoms with Gasteiger partial charge in [0.15, 0.2) is 0 Å². The summed E-state index contributed by atoms with van der Waals surface area (Å²) >= 11 is 2.28. The van der Waals surface area contributed by atoms with Crippen LogP contribution in [-0.2, 0) is 13.0 Å². The predicted molar refractivity (Wildman–Crippen MR) is 114 cm³/mol. The lowest BCUT2D eigenvalue weighted by atomic mass is 10.1. The van der Waals surface area contributed by atoms with Gasteiger partial charge in [-0.2, -0.15) is 0 Å². The van der Waals surface area contributed by atoms with Crippen molar-refractivity contribution in [2.24, 2.45) is 0 Å². The maximum absolute atomic E-state index is 12.5. The van der Waals surface area contributed by atoms with Crippen molar-refractivity contribution in [1.29, 1.82) is 0 Å². The lowest BCUT2D eigenvalue weighted by Crippen LogP contribution is -2.13. The molecule has 0 saturated heterocycles. The Labute approximate surface area is 167 Å². The van der Waals surface area contributed by atoms with Gasteiger partial charge in [-0.25, -0.2) is 0 Å². The summed E-state index contributed by atoms with van der Waals surface area (Å²) in [7, 11) is 0. The average molecular weight is 457 g/mol. The zero-order valence-electron chi connectivity index (χ0n) is 14.5. The molecule has 0 fully saturated rings. The number of nitrogens with one attached hydrogen (secondary N) is 1. The summed E-state index contributed by atoms with van der Waals surface area (Å²) < 4.78 is 6.93. The van der Waals surface area contributed by atoms with Crippen molar-refractivity contribution in [2.75, 3.05) is 5.32 Å². The lowest BCUT2D eigenvalue weighted by molar-refractivity contribution is 0.102. The molecule has 3 nitrogen and oxygen atoms in total. The highest BCUT2D eigenvalue weighted by molar-refractivity contribution is 14.1. The maximum atomic E-state index is 12.5. The monoisotopic (exact) mass is 457 g/mol. The third-order valence-corrected chi connectivity index (χ3v) is 4.73. The van der Waals surface area contributed by atoms with Gasteiger partial charge in [0.2, 0.25) is 0 Å². The largest absolute Gasteiger partial charge is 0.489 e. The smallest absolute Gasteiger partial charge is 0.255 e. The average Bonchev–Trinajstić information content (AvgIpc) is 2.69.